The van der Waals surface area contributed by atoms with E-state index in [1.807, 2.05) is 0 Å². The first-order valence-corrected chi connectivity index (χ1v) is 7.65. The molecule has 3 aromatic carbocycles. The Hall–Kier alpha value is -1.65. The predicted octanol–water partition coefficient (Wildman–Crippen LogP) is 4.44. The molecule has 0 amide bonds. The minimum absolute atomic E-state index is 0.826. The highest BCUT2D eigenvalue weighted by atomic mass is 31.1. The maximum atomic E-state index is 2.24. The second-order valence-electron chi connectivity index (χ2n) is 4.32. The Kier molecular flexibility index (Phi) is 3.13. The first-order chi connectivity index (χ1) is 8.90. The van der Waals surface area contributed by atoms with Crippen molar-refractivity contribution < 1.29 is 0 Å². The third-order valence-corrected chi connectivity index (χ3v) is 4.25. The lowest BCUT2D eigenvalue weighted by molar-refractivity contribution is 1.68. The lowest BCUT2D eigenvalue weighted by Gasteiger charge is -2.10. The van der Waals surface area contributed by atoms with E-state index in [4.69, 9.17) is 0 Å². The van der Waals surface area contributed by atoms with Crippen molar-refractivity contribution in [2.24, 2.45) is 0 Å². The van der Waals surface area contributed by atoms with E-state index in [1.165, 1.54) is 27.2 Å². The molecule has 3 aromatic rings. The molecule has 0 spiro atoms. The van der Waals surface area contributed by atoms with Gasteiger partial charge < -0.3 is 0 Å². The first-order valence-electron chi connectivity index (χ1n) is 6.15. The van der Waals surface area contributed by atoms with E-state index in [0.717, 1.165) is 8.58 Å². The molecule has 0 aliphatic heterocycles. The highest BCUT2D eigenvalue weighted by molar-refractivity contribution is 7.46. The predicted molar refractivity (Wildman–Crippen MR) is 83.3 cm³/mol. The topological polar surface area (TPSA) is 0 Å². The van der Waals surface area contributed by atoms with Crippen LogP contribution in [-0.2, 0) is 0 Å². The summed E-state index contributed by atoms with van der Waals surface area (Å²) < 4.78 is 0. The van der Waals surface area contributed by atoms with E-state index in [-0.39, 0.29) is 0 Å². The zero-order valence-corrected chi connectivity index (χ0v) is 11.4. The summed E-state index contributed by atoms with van der Waals surface area (Å²) in [6, 6.07) is 23.9. The van der Waals surface area contributed by atoms with E-state index in [0.29, 0.717) is 0 Å². The van der Waals surface area contributed by atoms with Crippen molar-refractivity contribution in [1.29, 1.82) is 0 Å². The Bertz CT molecular complexity index is 681. The molecule has 0 bridgehead atoms. The van der Waals surface area contributed by atoms with Crippen LogP contribution in [0.5, 0.6) is 0 Å². The van der Waals surface area contributed by atoms with Crippen LogP contribution in [0.2, 0.25) is 0 Å². The van der Waals surface area contributed by atoms with Gasteiger partial charge in [0.05, 0.1) is 0 Å². The summed E-state index contributed by atoms with van der Waals surface area (Å²) in [6.45, 7) is 2.24. The summed E-state index contributed by atoms with van der Waals surface area (Å²) in [4.78, 5) is 0. The van der Waals surface area contributed by atoms with E-state index >= 15 is 0 Å². The average molecular weight is 250 g/mol. The Morgan fingerprint density at radius 2 is 1.33 bits per heavy atom. The van der Waals surface area contributed by atoms with Gasteiger partial charge in [0, 0.05) is 0 Å². The zero-order valence-electron chi connectivity index (χ0n) is 10.4. The second-order valence-corrected chi connectivity index (χ2v) is 5.36. The van der Waals surface area contributed by atoms with Crippen LogP contribution in [0.15, 0.2) is 66.7 Å². The molecule has 0 saturated heterocycles. The fourth-order valence-electron chi connectivity index (χ4n) is 2.40. The highest BCUT2D eigenvalue weighted by Gasteiger charge is 2.06. The average Bonchev–Trinajstić information content (AvgIpc) is 2.46. The number of benzene rings is 3. The summed E-state index contributed by atoms with van der Waals surface area (Å²) in [5, 5.41) is 4.09. The number of fused-ring (bicyclic) bond motifs is 1. The molecule has 0 radical (unpaired) electrons. The molecule has 1 heteroatoms. The van der Waals surface area contributed by atoms with Gasteiger partial charge in [0.2, 0.25) is 0 Å². The van der Waals surface area contributed by atoms with E-state index in [1.54, 1.807) is 0 Å². The third-order valence-electron chi connectivity index (χ3n) is 3.28. The molecule has 88 valence electrons. The molecule has 18 heavy (non-hydrogen) atoms. The smallest absolute Gasteiger partial charge is 0.00991 e. The van der Waals surface area contributed by atoms with Gasteiger partial charge in [-0.15, -0.1) is 0 Å². The van der Waals surface area contributed by atoms with Crippen LogP contribution in [0, 0.1) is 0 Å². The van der Waals surface area contributed by atoms with Crippen LogP contribution in [0.3, 0.4) is 0 Å². The van der Waals surface area contributed by atoms with Crippen molar-refractivity contribution in [1.82, 2.24) is 0 Å². The van der Waals surface area contributed by atoms with Gasteiger partial charge in [0.15, 0.2) is 0 Å². The van der Waals surface area contributed by atoms with Crippen molar-refractivity contribution in [2.75, 3.05) is 6.66 Å². The maximum absolute atomic E-state index is 2.24. The molecule has 0 aliphatic carbocycles. The molecule has 0 saturated carbocycles. The normalized spacial score (nSPS) is 11.4. The third kappa shape index (κ3) is 1.94. The SMILES string of the molecule is CPc1ccccc1-c1cccc2ccccc12. The molecule has 0 N–H and O–H groups in total. The highest BCUT2D eigenvalue weighted by Crippen LogP contribution is 2.29. The molecule has 0 heterocycles. The first kappa shape index (κ1) is 11.4. The number of rotatable bonds is 2. The van der Waals surface area contributed by atoms with Gasteiger partial charge in [-0.1, -0.05) is 75.3 Å². The largest absolute Gasteiger partial charge is 0.0929 e. The standard InChI is InChI=1S/C17H15P/c1-18-17-12-5-4-10-16(17)15-11-6-8-13-7-2-3-9-14(13)15/h2-12,18H,1H3. The molecule has 0 aliphatic rings. The van der Waals surface area contributed by atoms with Gasteiger partial charge in [-0.05, 0) is 33.9 Å². The minimum Gasteiger partial charge on any atom is -0.0929 e. The zero-order chi connectivity index (χ0) is 12.4. The summed E-state index contributed by atoms with van der Waals surface area (Å²) in [7, 11) is 0.826. The van der Waals surface area contributed by atoms with Crippen molar-refractivity contribution in [2.45, 2.75) is 0 Å². The number of hydrogen-bond acceptors (Lipinski definition) is 0. The summed E-state index contributed by atoms with van der Waals surface area (Å²) in [6.07, 6.45) is 0. The maximum Gasteiger partial charge on any atom is -0.00991 e. The van der Waals surface area contributed by atoms with Crippen LogP contribution in [0.25, 0.3) is 21.9 Å². The quantitative estimate of drug-likeness (QED) is 0.590. The van der Waals surface area contributed by atoms with Gasteiger partial charge in [0.1, 0.15) is 0 Å². The second kappa shape index (κ2) is 4.92. The molecule has 0 nitrogen and oxygen atoms in total. The van der Waals surface area contributed by atoms with Gasteiger partial charge in [-0.3, -0.25) is 0 Å². The van der Waals surface area contributed by atoms with Gasteiger partial charge in [-0.25, -0.2) is 0 Å². The molecule has 0 aromatic heterocycles. The van der Waals surface area contributed by atoms with Crippen LogP contribution < -0.4 is 5.30 Å². The minimum atomic E-state index is 0.826. The molecule has 0 fully saturated rings. The summed E-state index contributed by atoms with van der Waals surface area (Å²) in [5.74, 6) is 0. The molecule has 3 rings (SSSR count). The van der Waals surface area contributed by atoms with Gasteiger partial charge in [0.25, 0.3) is 0 Å². The molecular formula is C17H15P. The van der Waals surface area contributed by atoms with Crippen molar-refractivity contribution >= 4 is 24.7 Å². The number of hydrogen-bond donors (Lipinski definition) is 0. The Morgan fingerprint density at radius 1 is 0.667 bits per heavy atom. The van der Waals surface area contributed by atoms with Crippen LogP contribution in [0.1, 0.15) is 0 Å². The van der Waals surface area contributed by atoms with Crippen LogP contribution in [-0.4, -0.2) is 6.66 Å². The van der Waals surface area contributed by atoms with Crippen LogP contribution in [0.4, 0.5) is 0 Å². The molecular weight excluding hydrogens is 235 g/mol. The molecule has 1 atom stereocenters. The fraction of sp³-hybridized carbons (Fsp3) is 0.0588. The van der Waals surface area contributed by atoms with Crippen molar-refractivity contribution in [3.05, 3.63) is 66.7 Å². The lowest BCUT2D eigenvalue weighted by Crippen LogP contribution is -1.98. The van der Waals surface area contributed by atoms with Crippen LogP contribution >= 0.6 is 8.58 Å². The lowest BCUT2D eigenvalue weighted by atomic mass is 9.98. The van der Waals surface area contributed by atoms with Gasteiger partial charge >= 0.3 is 0 Å². The Balaban J connectivity index is 2.32. The Labute approximate surface area is 109 Å². The van der Waals surface area contributed by atoms with E-state index in [9.17, 15) is 0 Å². The van der Waals surface area contributed by atoms with E-state index < -0.39 is 0 Å². The van der Waals surface area contributed by atoms with Crippen molar-refractivity contribution in [3.8, 4) is 11.1 Å². The van der Waals surface area contributed by atoms with Gasteiger partial charge in [-0.2, -0.15) is 0 Å². The summed E-state index contributed by atoms with van der Waals surface area (Å²) in [5.41, 5.74) is 2.72. The van der Waals surface area contributed by atoms with Crippen molar-refractivity contribution in [3.63, 3.8) is 0 Å². The molecule has 1 unspecified atom stereocenters. The Morgan fingerprint density at radius 3 is 2.22 bits per heavy atom. The monoisotopic (exact) mass is 250 g/mol. The fourth-order valence-corrected chi connectivity index (χ4v) is 3.15. The van der Waals surface area contributed by atoms with E-state index in [2.05, 4.69) is 73.4 Å². The summed E-state index contributed by atoms with van der Waals surface area (Å²) >= 11 is 0.